The summed E-state index contributed by atoms with van der Waals surface area (Å²) < 4.78 is 5.75. The van der Waals surface area contributed by atoms with Crippen molar-refractivity contribution in [3.8, 4) is 5.75 Å². The van der Waals surface area contributed by atoms with Crippen LogP contribution in [0.4, 0.5) is 0 Å². The van der Waals surface area contributed by atoms with Crippen molar-refractivity contribution in [3.63, 3.8) is 0 Å². The lowest BCUT2D eigenvalue weighted by Gasteiger charge is -2.15. The molecule has 76 valence electrons. The minimum atomic E-state index is 0.145. The summed E-state index contributed by atoms with van der Waals surface area (Å²) in [5.41, 5.74) is 9.77. The molecule has 1 aliphatic rings. The van der Waals surface area contributed by atoms with Crippen LogP contribution in [0.5, 0.6) is 5.75 Å². The van der Waals surface area contributed by atoms with E-state index in [4.69, 9.17) is 10.5 Å². The van der Waals surface area contributed by atoms with E-state index in [2.05, 4.69) is 26.0 Å². The summed E-state index contributed by atoms with van der Waals surface area (Å²) in [5.74, 6) is 1.02. The third-order valence-corrected chi connectivity index (χ3v) is 3.01. The second-order valence-electron chi connectivity index (χ2n) is 4.02. The van der Waals surface area contributed by atoms with Crippen LogP contribution in [0.2, 0.25) is 0 Å². The topological polar surface area (TPSA) is 35.2 Å². The van der Waals surface area contributed by atoms with E-state index in [1.165, 1.54) is 16.7 Å². The second kappa shape index (κ2) is 3.62. The number of rotatable bonds is 0. The zero-order valence-corrected chi connectivity index (χ0v) is 8.84. The second-order valence-corrected chi connectivity index (χ2v) is 4.02. The van der Waals surface area contributed by atoms with Gasteiger partial charge in [-0.2, -0.15) is 0 Å². The Labute approximate surface area is 85.1 Å². The lowest BCUT2D eigenvalue weighted by Crippen LogP contribution is -2.09. The molecule has 2 N–H and O–H groups in total. The van der Waals surface area contributed by atoms with Gasteiger partial charge in [-0.3, -0.25) is 0 Å². The fourth-order valence-corrected chi connectivity index (χ4v) is 1.93. The molecule has 2 heteroatoms. The van der Waals surface area contributed by atoms with E-state index in [9.17, 15) is 0 Å². The first-order chi connectivity index (χ1) is 6.70. The van der Waals surface area contributed by atoms with Crippen LogP contribution in [0.15, 0.2) is 12.1 Å². The van der Waals surface area contributed by atoms with Gasteiger partial charge >= 0.3 is 0 Å². The maximum absolute atomic E-state index is 6.09. The monoisotopic (exact) mass is 191 g/mol. The molecule has 1 aromatic rings. The van der Waals surface area contributed by atoms with Crippen LogP contribution in [0.25, 0.3) is 0 Å². The number of hydrogen-bond acceptors (Lipinski definition) is 2. The van der Waals surface area contributed by atoms with Crippen molar-refractivity contribution in [2.75, 3.05) is 6.61 Å². The standard InChI is InChI=1S/C12H17NO/c1-8-5-6-10-11(13)4-3-7-14-12(10)9(8)2/h5-6,11H,3-4,7,13H2,1-2H3. The molecule has 0 radical (unpaired) electrons. The van der Waals surface area contributed by atoms with Crippen LogP contribution < -0.4 is 10.5 Å². The third kappa shape index (κ3) is 1.50. The molecule has 14 heavy (non-hydrogen) atoms. The highest BCUT2D eigenvalue weighted by Gasteiger charge is 2.18. The molecule has 1 atom stereocenters. The number of aryl methyl sites for hydroxylation is 1. The lowest BCUT2D eigenvalue weighted by atomic mass is 9.98. The lowest BCUT2D eigenvalue weighted by molar-refractivity contribution is 0.314. The normalized spacial score (nSPS) is 20.9. The first kappa shape index (κ1) is 9.53. The summed E-state index contributed by atoms with van der Waals surface area (Å²) in [4.78, 5) is 0. The summed E-state index contributed by atoms with van der Waals surface area (Å²) in [5, 5.41) is 0. The van der Waals surface area contributed by atoms with Crippen LogP contribution in [-0.4, -0.2) is 6.61 Å². The van der Waals surface area contributed by atoms with Crippen molar-refractivity contribution in [2.24, 2.45) is 5.73 Å². The molecule has 0 spiro atoms. The summed E-state index contributed by atoms with van der Waals surface area (Å²) >= 11 is 0. The molecule has 0 fully saturated rings. The Hall–Kier alpha value is -1.02. The van der Waals surface area contributed by atoms with E-state index in [-0.39, 0.29) is 6.04 Å². The maximum Gasteiger partial charge on any atom is 0.127 e. The van der Waals surface area contributed by atoms with Crippen molar-refractivity contribution < 1.29 is 4.74 Å². The first-order valence-corrected chi connectivity index (χ1v) is 5.18. The Morgan fingerprint density at radius 3 is 2.93 bits per heavy atom. The largest absolute Gasteiger partial charge is 0.493 e. The number of nitrogens with two attached hydrogens (primary N) is 1. The highest BCUT2D eigenvalue weighted by molar-refractivity contribution is 5.47. The highest BCUT2D eigenvalue weighted by atomic mass is 16.5. The van der Waals surface area contributed by atoms with Gasteiger partial charge in [0, 0.05) is 11.6 Å². The molecule has 0 saturated heterocycles. The van der Waals surface area contributed by atoms with E-state index in [0.29, 0.717) is 0 Å². The SMILES string of the molecule is Cc1ccc2c(c1C)OCCCC2N. The van der Waals surface area contributed by atoms with Crippen LogP contribution >= 0.6 is 0 Å². The molecule has 1 aliphatic heterocycles. The van der Waals surface area contributed by atoms with Crippen molar-refractivity contribution in [2.45, 2.75) is 32.7 Å². The number of ether oxygens (including phenoxy) is 1. The molecule has 1 heterocycles. The fourth-order valence-electron chi connectivity index (χ4n) is 1.93. The number of fused-ring (bicyclic) bond motifs is 1. The van der Waals surface area contributed by atoms with E-state index in [1.807, 2.05) is 0 Å². The highest BCUT2D eigenvalue weighted by Crippen LogP contribution is 2.34. The number of benzene rings is 1. The Kier molecular flexibility index (Phi) is 2.46. The molecule has 2 nitrogen and oxygen atoms in total. The minimum Gasteiger partial charge on any atom is -0.493 e. The predicted octanol–water partition coefficient (Wildman–Crippen LogP) is 2.48. The Balaban J connectivity index is 2.53. The average Bonchev–Trinajstić information content (AvgIpc) is 2.35. The van der Waals surface area contributed by atoms with Crippen LogP contribution in [0.1, 0.15) is 35.6 Å². The van der Waals surface area contributed by atoms with E-state index in [0.717, 1.165) is 25.2 Å². The minimum absolute atomic E-state index is 0.145. The van der Waals surface area contributed by atoms with Crippen LogP contribution in [-0.2, 0) is 0 Å². The van der Waals surface area contributed by atoms with Gasteiger partial charge in [-0.05, 0) is 37.8 Å². The molecule has 0 aromatic heterocycles. The average molecular weight is 191 g/mol. The van der Waals surface area contributed by atoms with E-state index in [1.54, 1.807) is 0 Å². The molecule has 2 rings (SSSR count). The maximum atomic E-state index is 6.09. The Bertz CT molecular complexity index is 346. The Morgan fingerprint density at radius 1 is 1.36 bits per heavy atom. The number of hydrogen-bond donors (Lipinski definition) is 1. The van der Waals surface area contributed by atoms with Crippen molar-refractivity contribution in [1.29, 1.82) is 0 Å². The quantitative estimate of drug-likeness (QED) is 0.683. The van der Waals surface area contributed by atoms with Gasteiger partial charge < -0.3 is 10.5 Å². The third-order valence-electron chi connectivity index (χ3n) is 3.01. The van der Waals surface area contributed by atoms with Gasteiger partial charge in [-0.25, -0.2) is 0 Å². The first-order valence-electron chi connectivity index (χ1n) is 5.18. The fraction of sp³-hybridized carbons (Fsp3) is 0.500. The predicted molar refractivity (Wildman–Crippen MR) is 57.6 cm³/mol. The molecule has 1 unspecified atom stereocenters. The van der Waals surface area contributed by atoms with Gasteiger partial charge in [0.2, 0.25) is 0 Å². The van der Waals surface area contributed by atoms with E-state index >= 15 is 0 Å². The van der Waals surface area contributed by atoms with Crippen LogP contribution in [0.3, 0.4) is 0 Å². The van der Waals surface area contributed by atoms with Gasteiger partial charge in [-0.15, -0.1) is 0 Å². The Morgan fingerprint density at radius 2 is 2.14 bits per heavy atom. The van der Waals surface area contributed by atoms with Gasteiger partial charge in [0.05, 0.1) is 6.61 Å². The van der Waals surface area contributed by atoms with Gasteiger partial charge in [0.15, 0.2) is 0 Å². The summed E-state index contributed by atoms with van der Waals surface area (Å²) in [6, 6.07) is 4.38. The zero-order valence-electron chi connectivity index (χ0n) is 8.84. The van der Waals surface area contributed by atoms with Crippen LogP contribution in [0, 0.1) is 13.8 Å². The van der Waals surface area contributed by atoms with Crippen molar-refractivity contribution in [1.82, 2.24) is 0 Å². The van der Waals surface area contributed by atoms with Crippen molar-refractivity contribution in [3.05, 3.63) is 28.8 Å². The molecule has 0 saturated carbocycles. The van der Waals surface area contributed by atoms with Gasteiger partial charge in [0.1, 0.15) is 5.75 Å². The molecule has 0 aliphatic carbocycles. The smallest absolute Gasteiger partial charge is 0.127 e. The summed E-state index contributed by atoms with van der Waals surface area (Å²) in [6.45, 7) is 5.01. The molecule has 1 aromatic carbocycles. The molecular weight excluding hydrogens is 174 g/mol. The van der Waals surface area contributed by atoms with E-state index < -0.39 is 0 Å². The molecular formula is C12H17NO. The van der Waals surface area contributed by atoms with Gasteiger partial charge in [-0.1, -0.05) is 12.1 Å². The molecule has 0 amide bonds. The summed E-state index contributed by atoms with van der Waals surface area (Å²) in [6.07, 6.45) is 2.07. The zero-order chi connectivity index (χ0) is 10.1. The molecule has 0 bridgehead atoms. The van der Waals surface area contributed by atoms with Gasteiger partial charge in [0.25, 0.3) is 0 Å². The summed E-state index contributed by atoms with van der Waals surface area (Å²) in [7, 11) is 0. The van der Waals surface area contributed by atoms with Crippen molar-refractivity contribution >= 4 is 0 Å².